The van der Waals surface area contributed by atoms with Crippen LogP contribution in [-0.2, 0) is 6.18 Å². The molecule has 0 aliphatic heterocycles. The molecule has 31 heavy (non-hydrogen) atoms. The summed E-state index contributed by atoms with van der Waals surface area (Å²) in [5.41, 5.74) is 3.56. The molecule has 2 aromatic heterocycles. The average molecular weight is 424 g/mol. The Labute approximate surface area is 174 Å². The molecule has 0 radical (unpaired) electrons. The van der Waals surface area contributed by atoms with E-state index in [0.29, 0.717) is 5.69 Å². The first-order valence-electron chi connectivity index (χ1n) is 9.12. The molecule has 0 aliphatic carbocycles. The van der Waals surface area contributed by atoms with Crippen LogP contribution in [0.2, 0.25) is 0 Å². The first kappa shape index (κ1) is 20.1. The van der Waals surface area contributed by atoms with E-state index in [9.17, 15) is 18.0 Å². The number of hydrazone groups is 1. The Hall–Kier alpha value is -4.14. The van der Waals surface area contributed by atoms with Crippen molar-refractivity contribution in [1.82, 2.24) is 15.6 Å². The molecule has 0 saturated carbocycles. The van der Waals surface area contributed by atoms with Gasteiger partial charge >= 0.3 is 6.18 Å². The second kappa shape index (κ2) is 8.31. The molecule has 0 fully saturated rings. The van der Waals surface area contributed by atoms with Gasteiger partial charge in [-0.15, -0.1) is 0 Å². The normalized spacial score (nSPS) is 11.7. The second-order valence-corrected chi connectivity index (χ2v) is 6.51. The third-order valence-corrected chi connectivity index (χ3v) is 4.35. The van der Waals surface area contributed by atoms with E-state index in [0.717, 1.165) is 17.7 Å². The van der Waals surface area contributed by atoms with Crippen LogP contribution in [0.5, 0.6) is 0 Å². The van der Waals surface area contributed by atoms with Crippen molar-refractivity contribution in [2.45, 2.75) is 6.18 Å². The number of furan rings is 1. The van der Waals surface area contributed by atoms with E-state index in [-0.39, 0.29) is 22.8 Å². The highest BCUT2D eigenvalue weighted by Crippen LogP contribution is 2.32. The van der Waals surface area contributed by atoms with Crippen LogP contribution in [0.15, 0.2) is 82.3 Å². The molecule has 4 aromatic rings. The smallest absolute Gasteiger partial charge is 0.416 e. The Morgan fingerprint density at radius 3 is 2.55 bits per heavy atom. The third kappa shape index (κ3) is 4.72. The molecule has 6 nitrogen and oxygen atoms in total. The Kier molecular flexibility index (Phi) is 5.40. The molecule has 9 heteroatoms. The maximum absolute atomic E-state index is 12.9. The van der Waals surface area contributed by atoms with E-state index in [1.54, 1.807) is 6.07 Å². The van der Waals surface area contributed by atoms with Crippen molar-refractivity contribution in [2.24, 2.45) is 5.10 Å². The molecule has 2 N–H and O–H groups in total. The van der Waals surface area contributed by atoms with E-state index in [1.807, 2.05) is 30.3 Å². The minimum atomic E-state index is -4.44. The zero-order valence-corrected chi connectivity index (χ0v) is 15.9. The van der Waals surface area contributed by atoms with Gasteiger partial charge in [0.25, 0.3) is 5.91 Å². The van der Waals surface area contributed by atoms with Crippen LogP contribution < -0.4 is 5.43 Å². The molecular weight excluding hydrogens is 409 g/mol. The fourth-order valence-corrected chi connectivity index (χ4v) is 2.84. The van der Waals surface area contributed by atoms with Gasteiger partial charge in [-0.05, 0) is 30.3 Å². The predicted octanol–water partition coefficient (Wildman–Crippen LogP) is 5.12. The lowest BCUT2D eigenvalue weighted by Gasteiger charge is -2.07. The second-order valence-electron chi connectivity index (χ2n) is 6.51. The lowest BCUT2D eigenvalue weighted by Crippen LogP contribution is -2.17. The minimum absolute atomic E-state index is 0.222. The lowest BCUT2D eigenvalue weighted by atomic mass is 10.1. The van der Waals surface area contributed by atoms with Gasteiger partial charge in [-0.3, -0.25) is 9.89 Å². The van der Waals surface area contributed by atoms with Crippen LogP contribution >= 0.6 is 0 Å². The minimum Gasteiger partial charge on any atom is -0.455 e. The first-order chi connectivity index (χ1) is 14.9. The summed E-state index contributed by atoms with van der Waals surface area (Å²) in [6, 6.07) is 18.8. The Bertz CT molecular complexity index is 1230. The summed E-state index contributed by atoms with van der Waals surface area (Å²) < 4.78 is 44.1. The zero-order chi connectivity index (χ0) is 21.8. The van der Waals surface area contributed by atoms with Crippen molar-refractivity contribution in [3.05, 3.63) is 89.8 Å². The molecular formula is C22H15F3N4O2. The van der Waals surface area contributed by atoms with Gasteiger partial charge < -0.3 is 4.42 Å². The number of carbonyl (C=O) groups excluding carboxylic acids is 1. The van der Waals surface area contributed by atoms with Crippen LogP contribution in [0, 0.1) is 0 Å². The Morgan fingerprint density at radius 1 is 1.00 bits per heavy atom. The summed E-state index contributed by atoms with van der Waals surface area (Å²) in [5.74, 6) is 0.0119. The fraction of sp³-hybridized carbons (Fsp3) is 0.0455. The molecule has 0 unspecified atom stereocenters. The molecule has 156 valence electrons. The summed E-state index contributed by atoms with van der Waals surface area (Å²) in [5, 5.41) is 10.6. The topological polar surface area (TPSA) is 83.3 Å². The van der Waals surface area contributed by atoms with Gasteiger partial charge in [0.1, 0.15) is 17.2 Å². The van der Waals surface area contributed by atoms with Crippen LogP contribution in [0.4, 0.5) is 13.2 Å². The van der Waals surface area contributed by atoms with Gasteiger partial charge in [-0.2, -0.15) is 23.4 Å². The van der Waals surface area contributed by atoms with Crippen LogP contribution in [0.25, 0.3) is 22.6 Å². The number of hydrogen-bond acceptors (Lipinski definition) is 4. The number of aromatic amines is 1. The van der Waals surface area contributed by atoms with Crippen molar-refractivity contribution in [2.75, 3.05) is 0 Å². The quantitative estimate of drug-likeness (QED) is 0.345. The molecule has 0 bridgehead atoms. The van der Waals surface area contributed by atoms with E-state index < -0.39 is 17.6 Å². The largest absolute Gasteiger partial charge is 0.455 e. The summed E-state index contributed by atoms with van der Waals surface area (Å²) in [6.45, 7) is 0. The van der Waals surface area contributed by atoms with Crippen LogP contribution in [-0.4, -0.2) is 22.3 Å². The molecule has 2 heterocycles. The van der Waals surface area contributed by atoms with Crippen molar-refractivity contribution in [3.8, 4) is 22.6 Å². The number of rotatable bonds is 5. The first-order valence-corrected chi connectivity index (χ1v) is 9.12. The molecule has 0 atom stereocenters. The summed E-state index contributed by atoms with van der Waals surface area (Å²) in [7, 11) is 0. The summed E-state index contributed by atoms with van der Waals surface area (Å²) in [4.78, 5) is 12.2. The number of carbonyl (C=O) groups is 1. The van der Waals surface area contributed by atoms with Crippen molar-refractivity contribution in [1.29, 1.82) is 0 Å². The lowest BCUT2D eigenvalue weighted by molar-refractivity contribution is -0.137. The number of halogens is 3. The molecule has 2 aromatic carbocycles. The van der Waals surface area contributed by atoms with Crippen molar-refractivity contribution in [3.63, 3.8) is 0 Å². The van der Waals surface area contributed by atoms with E-state index in [2.05, 4.69) is 20.7 Å². The fourth-order valence-electron chi connectivity index (χ4n) is 2.84. The van der Waals surface area contributed by atoms with Crippen molar-refractivity contribution < 1.29 is 22.4 Å². The Morgan fingerprint density at radius 2 is 1.77 bits per heavy atom. The van der Waals surface area contributed by atoms with Gasteiger partial charge in [0, 0.05) is 11.1 Å². The van der Waals surface area contributed by atoms with Gasteiger partial charge in [0.05, 0.1) is 17.5 Å². The summed E-state index contributed by atoms with van der Waals surface area (Å²) in [6.07, 6.45) is -3.19. The van der Waals surface area contributed by atoms with Crippen molar-refractivity contribution >= 4 is 12.1 Å². The SMILES string of the molecule is O=C(NN=Cc1ccc(-c2cccc(C(F)(F)F)c2)o1)c1cc(-c2ccccc2)n[nH]1. The summed E-state index contributed by atoms with van der Waals surface area (Å²) >= 11 is 0. The van der Waals surface area contributed by atoms with E-state index in [4.69, 9.17) is 4.42 Å². The number of aromatic nitrogens is 2. The number of benzene rings is 2. The third-order valence-electron chi connectivity index (χ3n) is 4.35. The van der Waals surface area contributed by atoms with Gasteiger partial charge in [-0.1, -0.05) is 42.5 Å². The highest BCUT2D eigenvalue weighted by Gasteiger charge is 2.30. The number of alkyl halides is 3. The molecule has 4 rings (SSSR count). The van der Waals surface area contributed by atoms with Gasteiger partial charge in [0.2, 0.25) is 0 Å². The van der Waals surface area contributed by atoms with Crippen LogP contribution in [0.1, 0.15) is 21.8 Å². The number of nitrogens with zero attached hydrogens (tertiary/aromatic N) is 2. The van der Waals surface area contributed by atoms with Gasteiger partial charge in [-0.25, -0.2) is 5.43 Å². The van der Waals surface area contributed by atoms with E-state index in [1.165, 1.54) is 30.5 Å². The molecule has 0 aliphatic rings. The maximum Gasteiger partial charge on any atom is 0.416 e. The predicted molar refractivity (Wildman–Crippen MR) is 108 cm³/mol. The maximum atomic E-state index is 12.9. The number of nitrogens with one attached hydrogen (secondary N) is 2. The number of hydrogen-bond donors (Lipinski definition) is 2. The highest BCUT2D eigenvalue weighted by molar-refractivity contribution is 5.94. The number of amides is 1. The molecule has 1 amide bonds. The number of H-pyrrole nitrogens is 1. The highest BCUT2D eigenvalue weighted by atomic mass is 19.4. The molecule has 0 spiro atoms. The standard InChI is InChI=1S/C22H15F3N4O2/c23-22(24,25)16-8-4-7-15(11-16)20-10-9-17(31-20)13-26-29-21(30)19-12-18(27-28-19)14-5-2-1-3-6-14/h1-13H,(H,27,28)(H,29,30). The monoisotopic (exact) mass is 424 g/mol. The zero-order valence-electron chi connectivity index (χ0n) is 15.9. The van der Waals surface area contributed by atoms with Gasteiger partial charge in [0.15, 0.2) is 0 Å². The molecule has 0 saturated heterocycles. The van der Waals surface area contributed by atoms with E-state index >= 15 is 0 Å². The average Bonchev–Trinajstić information content (AvgIpc) is 3.44. The Balaban J connectivity index is 1.41. The van der Waals surface area contributed by atoms with Crippen LogP contribution in [0.3, 0.4) is 0 Å².